The van der Waals surface area contributed by atoms with E-state index in [9.17, 15) is 0 Å². The van der Waals surface area contributed by atoms with Crippen molar-refractivity contribution in [3.63, 3.8) is 0 Å². The van der Waals surface area contributed by atoms with E-state index < -0.39 is 0 Å². The van der Waals surface area contributed by atoms with E-state index in [1.807, 2.05) is 12.1 Å². The third-order valence-corrected chi connectivity index (χ3v) is 6.10. The summed E-state index contributed by atoms with van der Waals surface area (Å²) in [5, 5.41) is 1.79. The van der Waals surface area contributed by atoms with E-state index in [0.29, 0.717) is 0 Å². The Kier molecular flexibility index (Phi) is 5.88. The third kappa shape index (κ3) is 3.51. The zero-order valence-corrected chi connectivity index (χ0v) is 15.6. The Labute approximate surface area is 144 Å². The highest BCUT2D eigenvalue weighted by atomic mass is 79.9. The maximum atomic E-state index is 5.52. The maximum Gasteiger partial charge on any atom is 0.122 e. The van der Waals surface area contributed by atoms with Crippen LogP contribution in [0, 0.1) is 6.92 Å². The molecule has 0 spiro atoms. The Hall–Kier alpha value is -0.800. The highest BCUT2D eigenvalue weighted by Crippen LogP contribution is 2.36. The third-order valence-electron chi connectivity index (χ3n) is 3.95. The molecular weight excluding hydrogens is 392 g/mol. The summed E-state index contributed by atoms with van der Waals surface area (Å²) >= 11 is 7.47. The van der Waals surface area contributed by atoms with Crippen LogP contribution in [0.15, 0.2) is 48.5 Å². The van der Waals surface area contributed by atoms with Crippen LogP contribution in [0.1, 0.15) is 16.7 Å². The lowest BCUT2D eigenvalue weighted by molar-refractivity contribution is 0.404. The summed E-state index contributed by atoms with van der Waals surface area (Å²) in [6, 6.07) is 16.9. The Morgan fingerprint density at radius 1 is 0.952 bits per heavy atom. The first kappa shape index (κ1) is 16.6. The minimum absolute atomic E-state index is 0.0139. The predicted octanol–water partition coefficient (Wildman–Crippen LogP) is 5.27. The summed E-state index contributed by atoms with van der Waals surface area (Å²) in [5.74, 6) is 0.956. The van der Waals surface area contributed by atoms with Crippen molar-refractivity contribution in [1.82, 2.24) is 0 Å². The molecule has 0 saturated heterocycles. The summed E-state index contributed by atoms with van der Waals surface area (Å²) in [4.78, 5) is 0. The Morgan fingerprint density at radius 3 is 2.19 bits per heavy atom. The molecule has 2 aromatic carbocycles. The average molecular weight is 412 g/mol. The van der Waals surface area contributed by atoms with Crippen molar-refractivity contribution in [2.45, 2.75) is 18.8 Å². The van der Waals surface area contributed by atoms with Gasteiger partial charge < -0.3 is 4.74 Å². The molecule has 0 fully saturated rings. The molecule has 0 aliphatic rings. The minimum atomic E-state index is 0.0139. The van der Waals surface area contributed by atoms with Crippen LogP contribution < -0.4 is 4.74 Å². The van der Waals surface area contributed by atoms with Gasteiger partial charge in [-0.2, -0.15) is 0 Å². The van der Waals surface area contributed by atoms with Crippen molar-refractivity contribution in [1.29, 1.82) is 0 Å². The fourth-order valence-corrected chi connectivity index (χ4v) is 4.68. The van der Waals surface area contributed by atoms with Gasteiger partial charge in [0.05, 0.1) is 7.11 Å². The van der Waals surface area contributed by atoms with Gasteiger partial charge in [0.25, 0.3) is 0 Å². The zero-order chi connectivity index (χ0) is 15.3. The van der Waals surface area contributed by atoms with Crippen LogP contribution in [0.3, 0.4) is 0 Å². The molecule has 0 N–H and O–H groups in total. The Bertz CT molecular complexity index is 591. The van der Waals surface area contributed by atoms with Crippen molar-refractivity contribution >= 4 is 31.9 Å². The number of rotatable bonds is 6. The van der Waals surface area contributed by atoms with E-state index in [0.717, 1.165) is 22.8 Å². The van der Waals surface area contributed by atoms with E-state index in [4.69, 9.17) is 4.74 Å². The number of benzene rings is 2. The van der Waals surface area contributed by atoms with Crippen LogP contribution in [0.2, 0.25) is 0 Å². The van der Waals surface area contributed by atoms with E-state index >= 15 is 0 Å². The van der Waals surface area contributed by atoms with Gasteiger partial charge in [-0.15, -0.1) is 0 Å². The largest absolute Gasteiger partial charge is 0.496 e. The van der Waals surface area contributed by atoms with E-state index in [-0.39, 0.29) is 5.41 Å². The SMILES string of the molecule is COc1ccccc1CC(CBr)(CBr)c1ccccc1C. The molecule has 0 bridgehead atoms. The van der Waals surface area contributed by atoms with Crippen molar-refractivity contribution in [3.8, 4) is 5.75 Å². The molecule has 0 radical (unpaired) electrons. The summed E-state index contributed by atoms with van der Waals surface area (Å²) in [7, 11) is 1.73. The molecule has 2 aromatic rings. The van der Waals surface area contributed by atoms with Gasteiger partial charge in [0.2, 0.25) is 0 Å². The molecule has 0 unspecified atom stereocenters. The standard InChI is InChI=1S/C18H20Br2O/c1-14-7-3-5-9-16(14)18(12-19,13-20)11-15-8-4-6-10-17(15)21-2/h3-10H,11-13H2,1-2H3. The lowest BCUT2D eigenvalue weighted by Gasteiger charge is -2.33. The second kappa shape index (κ2) is 7.46. The summed E-state index contributed by atoms with van der Waals surface area (Å²) < 4.78 is 5.52. The van der Waals surface area contributed by atoms with E-state index in [1.54, 1.807) is 7.11 Å². The fourth-order valence-electron chi connectivity index (χ4n) is 2.75. The highest BCUT2D eigenvalue weighted by molar-refractivity contribution is 9.09. The number of hydrogen-bond donors (Lipinski definition) is 0. The molecular formula is C18H20Br2O. The Morgan fingerprint density at radius 2 is 1.57 bits per heavy atom. The summed E-state index contributed by atoms with van der Waals surface area (Å²) in [6.45, 7) is 2.18. The van der Waals surface area contributed by atoms with Gasteiger partial charge in [-0.3, -0.25) is 0 Å². The molecule has 0 aliphatic carbocycles. The lowest BCUT2D eigenvalue weighted by Crippen LogP contribution is -2.34. The number of hydrogen-bond acceptors (Lipinski definition) is 1. The van der Waals surface area contributed by atoms with Crippen LogP contribution in [0.25, 0.3) is 0 Å². The van der Waals surface area contributed by atoms with Crippen LogP contribution in [0.4, 0.5) is 0 Å². The first-order valence-electron chi connectivity index (χ1n) is 6.97. The van der Waals surface area contributed by atoms with Crippen LogP contribution >= 0.6 is 31.9 Å². The molecule has 0 aromatic heterocycles. The molecule has 3 heteroatoms. The van der Waals surface area contributed by atoms with Crippen LogP contribution in [-0.4, -0.2) is 17.8 Å². The molecule has 0 amide bonds. The highest BCUT2D eigenvalue weighted by Gasteiger charge is 2.32. The molecule has 112 valence electrons. The second-order valence-corrected chi connectivity index (χ2v) is 6.47. The number of methoxy groups -OCH3 is 1. The van der Waals surface area contributed by atoms with Gasteiger partial charge in [0, 0.05) is 16.1 Å². The van der Waals surface area contributed by atoms with Crippen molar-refractivity contribution in [3.05, 3.63) is 65.2 Å². The smallest absolute Gasteiger partial charge is 0.122 e. The lowest BCUT2D eigenvalue weighted by atomic mass is 9.77. The maximum absolute atomic E-state index is 5.52. The number of alkyl halides is 2. The van der Waals surface area contributed by atoms with Crippen LogP contribution in [-0.2, 0) is 11.8 Å². The normalized spacial score (nSPS) is 11.4. The van der Waals surface area contributed by atoms with Crippen LogP contribution in [0.5, 0.6) is 5.75 Å². The molecule has 0 atom stereocenters. The monoisotopic (exact) mass is 410 g/mol. The van der Waals surface area contributed by atoms with Gasteiger partial charge in [0.15, 0.2) is 0 Å². The molecule has 0 heterocycles. The minimum Gasteiger partial charge on any atom is -0.496 e. The topological polar surface area (TPSA) is 9.23 Å². The second-order valence-electron chi connectivity index (χ2n) is 5.35. The summed E-state index contributed by atoms with van der Waals surface area (Å²) in [5.41, 5.74) is 3.96. The van der Waals surface area contributed by atoms with Gasteiger partial charge in [-0.05, 0) is 36.1 Å². The van der Waals surface area contributed by atoms with Gasteiger partial charge in [-0.1, -0.05) is 74.3 Å². The quantitative estimate of drug-likeness (QED) is 0.588. The molecule has 1 nitrogen and oxygen atoms in total. The molecule has 2 rings (SSSR count). The van der Waals surface area contributed by atoms with Crippen molar-refractivity contribution < 1.29 is 4.74 Å². The Balaban J connectivity index is 2.46. The van der Waals surface area contributed by atoms with Gasteiger partial charge >= 0.3 is 0 Å². The number of para-hydroxylation sites is 1. The molecule has 21 heavy (non-hydrogen) atoms. The van der Waals surface area contributed by atoms with E-state index in [2.05, 4.69) is 75.2 Å². The predicted molar refractivity (Wildman–Crippen MR) is 97.1 cm³/mol. The molecule has 0 saturated carbocycles. The summed E-state index contributed by atoms with van der Waals surface area (Å²) in [6.07, 6.45) is 0.929. The van der Waals surface area contributed by atoms with Crippen molar-refractivity contribution in [2.24, 2.45) is 0 Å². The first-order chi connectivity index (χ1) is 10.2. The van der Waals surface area contributed by atoms with E-state index in [1.165, 1.54) is 16.7 Å². The van der Waals surface area contributed by atoms with Gasteiger partial charge in [-0.25, -0.2) is 0 Å². The number of ether oxygens (including phenoxy) is 1. The van der Waals surface area contributed by atoms with Gasteiger partial charge in [0.1, 0.15) is 5.75 Å². The first-order valence-corrected chi connectivity index (χ1v) is 9.21. The fraction of sp³-hybridized carbons (Fsp3) is 0.333. The van der Waals surface area contributed by atoms with Crippen molar-refractivity contribution in [2.75, 3.05) is 17.8 Å². The number of halogens is 2. The number of aryl methyl sites for hydroxylation is 1. The molecule has 0 aliphatic heterocycles. The average Bonchev–Trinajstić information content (AvgIpc) is 2.54. The zero-order valence-electron chi connectivity index (χ0n) is 12.4.